The first-order chi connectivity index (χ1) is 7.99. The molecular weight excluding hydrogens is 296 g/mol. The van der Waals surface area contributed by atoms with Crippen molar-refractivity contribution in [1.29, 1.82) is 0 Å². The SMILES string of the molecule is CC1(C)CCCCC1C(O)Cc1ccc(Br)s1. The summed E-state index contributed by atoms with van der Waals surface area (Å²) in [6.07, 6.45) is 5.66. The van der Waals surface area contributed by atoms with Crippen LogP contribution in [-0.2, 0) is 6.42 Å². The van der Waals surface area contributed by atoms with E-state index in [4.69, 9.17) is 0 Å². The average Bonchev–Trinajstić information content (AvgIpc) is 2.63. The number of hydrogen-bond donors (Lipinski definition) is 1. The maximum atomic E-state index is 10.5. The molecule has 1 heterocycles. The van der Waals surface area contributed by atoms with E-state index in [1.165, 1.54) is 30.6 Å². The van der Waals surface area contributed by atoms with Gasteiger partial charge < -0.3 is 5.11 Å². The summed E-state index contributed by atoms with van der Waals surface area (Å²) in [4.78, 5) is 1.28. The molecule has 1 aromatic rings. The van der Waals surface area contributed by atoms with E-state index in [2.05, 4.69) is 41.9 Å². The molecule has 17 heavy (non-hydrogen) atoms. The van der Waals surface area contributed by atoms with Gasteiger partial charge in [0.05, 0.1) is 9.89 Å². The van der Waals surface area contributed by atoms with Crippen molar-refractivity contribution in [2.75, 3.05) is 0 Å². The highest BCUT2D eigenvalue weighted by atomic mass is 79.9. The van der Waals surface area contributed by atoms with Crippen molar-refractivity contribution in [2.45, 2.75) is 52.1 Å². The minimum Gasteiger partial charge on any atom is -0.392 e. The lowest BCUT2D eigenvalue weighted by Gasteiger charge is -2.41. The van der Waals surface area contributed by atoms with Gasteiger partial charge in [-0.2, -0.15) is 0 Å². The third-order valence-electron chi connectivity index (χ3n) is 4.09. The van der Waals surface area contributed by atoms with Gasteiger partial charge in [0.25, 0.3) is 0 Å². The quantitative estimate of drug-likeness (QED) is 0.862. The molecule has 2 atom stereocenters. The molecule has 0 aliphatic heterocycles. The fourth-order valence-corrected chi connectivity index (χ4v) is 4.58. The molecule has 0 saturated heterocycles. The minimum atomic E-state index is -0.184. The summed E-state index contributed by atoms with van der Waals surface area (Å²) in [5, 5.41) is 10.5. The Hall–Kier alpha value is 0.140. The molecule has 1 saturated carbocycles. The minimum absolute atomic E-state index is 0.184. The fraction of sp³-hybridized carbons (Fsp3) is 0.714. The Balaban J connectivity index is 2.01. The molecule has 1 aromatic heterocycles. The van der Waals surface area contributed by atoms with E-state index in [1.807, 2.05) is 0 Å². The van der Waals surface area contributed by atoms with Crippen LogP contribution in [0.25, 0.3) is 0 Å². The van der Waals surface area contributed by atoms with Gasteiger partial charge in [0.1, 0.15) is 0 Å². The Morgan fingerprint density at radius 3 is 2.82 bits per heavy atom. The van der Waals surface area contributed by atoms with Crippen molar-refractivity contribution < 1.29 is 5.11 Å². The van der Waals surface area contributed by atoms with Crippen LogP contribution in [0.15, 0.2) is 15.9 Å². The van der Waals surface area contributed by atoms with Gasteiger partial charge in [-0.25, -0.2) is 0 Å². The van der Waals surface area contributed by atoms with Crippen LogP contribution in [0.1, 0.15) is 44.4 Å². The van der Waals surface area contributed by atoms with Gasteiger partial charge in [0.15, 0.2) is 0 Å². The predicted octanol–water partition coefficient (Wildman–Crippen LogP) is 4.63. The van der Waals surface area contributed by atoms with Crippen molar-refractivity contribution in [3.63, 3.8) is 0 Å². The number of hydrogen-bond acceptors (Lipinski definition) is 2. The van der Waals surface area contributed by atoms with Gasteiger partial charge in [-0.1, -0.05) is 26.7 Å². The maximum absolute atomic E-state index is 10.5. The Morgan fingerprint density at radius 1 is 1.47 bits per heavy atom. The molecule has 1 N–H and O–H groups in total. The monoisotopic (exact) mass is 316 g/mol. The lowest BCUT2D eigenvalue weighted by atomic mass is 9.66. The van der Waals surface area contributed by atoms with Crippen LogP contribution < -0.4 is 0 Å². The zero-order valence-electron chi connectivity index (χ0n) is 10.6. The van der Waals surface area contributed by atoms with Crippen LogP contribution in [0.4, 0.5) is 0 Å². The second kappa shape index (κ2) is 5.41. The van der Waals surface area contributed by atoms with Crippen molar-refractivity contribution in [2.24, 2.45) is 11.3 Å². The van der Waals surface area contributed by atoms with Crippen molar-refractivity contribution in [3.05, 3.63) is 20.8 Å². The van der Waals surface area contributed by atoms with E-state index in [1.54, 1.807) is 11.3 Å². The Bertz CT molecular complexity index is 372. The zero-order chi connectivity index (χ0) is 12.5. The first kappa shape index (κ1) is 13.6. The zero-order valence-corrected chi connectivity index (χ0v) is 13.0. The molecule has 0 aromatic carbocycles. The van der Waals surface area contributed by atoms with Crippen molar-refractivity contribution >= 4 is 27.3 Å². The molecule has 0 radical (unpaired) electrons. The largest absolute Gasteiger partial charge is 0.392 e. The summed E-state index contributed by atoms with van der Waals surface area (Å²) in [5.41, 5.74) is 0.298. The van der Waals surface area contributed by atoms with E-state index in [9.17, 15) is 5.11 Å². The van der Waals surface area contributed by atoms with Crippen LogP contribution in [0.3, 0.4) is 0 Å². The molecule has 1 aliphatic rings. The Morgan fingerprint density at radius 2 is 2.24 bits per heavy atom. The van der Waals surface area contributed by atoms with E-state index in [0.29, 0.717) is 11.3 Å². The van der Waals surface area contributed by atoms with E-state index >= 15 is 0 Å². The van der Waals surface area contributed by atoms with Gasteiger partial charge in [-0.15, -0.1) is 11.3 Å². The molecule has 96 valence electrons. The normalized spacial score (nSPS) is 25.8. The first-order valence-corrected chi connectivity index (χ1v) is 8.02. The molecule has 2 rings (SSSR count). The lowest BCUT2D eigenvalue weighted by molar-refractivity contribution is 0.00622. The van der Waals surface area contributed by atoms with Crippen LogP contribution in [0.5, 0.6) is 0 Å². The highest BCUT2D eigenvalue weighted by Crippen LogP contribution is 2.43. The van der Waals surface area contributed by atoms with Crippen LogP contribution in [-0.4, -0.2) is 11.2 Å². The summed E-state index contributed by atoms with van der Waals surface area (Å²) >= 11 is 5.21. The van der Waals surface area contributed by atoms with Crippen LogP contribution in [0, 0.1) is 11.3 Å². The second-order valence-electron chi connectivity index (χ2n) is 5.82. The van der Waals surface area contributed by atoms with Crippen LogP contribution in [0.2, 0.25) is 0 Å². The molecule has 0 spiro atoms. The molecule has 2 unspecified atom stereocenters. The third kappa shape index (κ3) is 3.33. The predicted molar refractivity (Wildman–Crippen MR) is 77.5 cm³/mol. The number of halogens is 1. The first-order valence-electron chi connectivity index (χ1n) is 6.41. The third-order valence-corrected chi connectivity index (χ3v) is 5.74. The van der Waals surface area contributed by atoms with E-state index < -0.39 is 0 Å². The van der Waals surface area contributed by atoms with Gasteiger partial charge in [0.2, 0.25) is 0 Å². The van der Waals surface area contributed by atoms with Gasteiger partial charge in [-0.05, 0) is 52.2 Å². The van der Waals surface area contributed by atoms with E-state index in [0.717, 1.165) is 10.2 Å². The summed E-state index contributed by atoms with van der Waals surface area (Å²) < 4.78 is 1.16. The van der Waals surface area contributed by atoms with Gasteiger partial charge in [0, 0.05) is 11.3 Å². The van der Waals surface area contributed by atoms with Crippen LogP contribution >= 0.6 is 27.3 Å². The van der Waals surface area contributed by atoms with Crippen molar-refractivity contribution in [3.8, 4) is 0 Å². The molecule has 1 nitrogen and oxygen atoms in total. The Kier molecular flexibility index (Phi) is 4.32. The molecule has 1 aliphatic carbocycles. The average molecular weight is 317 g/mol. The maximum Gasteiger partial charge on any atom is 0.0701 e. The smallest absolute Gasteiger partial charge is 0.0701 e. The fourth-order valence-electron chi connectivity index (χ4n) is 3.04. The number of aliphatic hydroxyl groups excluding tert-OH is 1. The summed E-state index contributed by atoms with van der Waals surface area (Å²) in [5.74, 6) is 0.456. The van der Waals surface area contributed by atoms with E-state index in [-0.39, 0.29) is 6.10 Å². The highest BCUT2D eigenvalue weighted by Gasteiger charge is 2.36. The summed E-state index contributed by atoms with van der Waals surface area (Å²) in [6.45, 7) is 4.62. The topological polar surface area (TPSA) is 20.2 Å². The number of thiophene rings is 1. The Labute approximate surface area is 116 Å². The standard InChI is InChI=1S/C14H21BrOS/c1-14(2)8-4-3-5-11(14)12(16)9-10-6-7-13(15)17-10/h6-7,11-12,16H,3-5,8-9H2,1-2H3. The second-order valence-corrected chi connectivity index (χ2v) is 8.37. The molecular formula is C14H21BrOS. The molecule has 0 bridgehead atoms. The highest BCUT2D eigenvalue weighted by molar-refractivity contribution is 9.11. The van der Waals surface area contributed by atoms with Gasteiger partial charge in [-0.3, -0.25) is 0 Å². The molecule has 1 fully saturated rings. The summed E-state index contributed by atoms with van der Waals surface area (Å²) in [6, 6.07) is 4.19. The molecule has 3 heteroatoms. The van der Waals surface area contributed by atoms with Gasteiger partial charge >= 0.3 is 0 Å². The van der Waals surface area contributed by atoms with Crippen molar-refractivity contribution in [1.82, 2.24) is 0 Å². The molecule has 0 amide bonds. The lowest BCUT2D eigenvalue weighted by Crippen LogP contribution is -2.37. The number of aliphatic hydroxyl groups is 1. The number of rotatable bonds is 3. The summed E-state index contributed by atoms with van der Waals surface area (Å²) in [7, 11) is 0.